The van der Waals surface area contributed by atoms with E-state index in [9.17, 15) is 9.59 Å². The van der Waals surface area contributed by atoms with Crippen LogP contribution in [0, 0.1) is 6.92 Å². The Bertz CT molecular complexity index is 1060. The van der Waals surface area contributed by atoms with Gasteiger partial charge in [-0.15, -0.1) is 11.3 Å². The van der Waals surface area contributed by atoms with E-state index in [0.29, 0.717) is 33.5 Å². The van der Waals surface area contributed by atoms with Gasteiger partial charge in [-0.25, -0.2) is 4.79 Å². The summed E-state index contributed by atoms with van der Waals surface area (Å²) >= 11 is 7.16. The van der Waals surface area contributed by atoms with E-state index in [2.05, 4.69) is 5.32 Å². The molecule has 6 nitrogen and oxygen atoms in total. The van der Waals surface area contributed by atoms with Crippen LogP contribution in [-0.2, 0) is 9.53 Å². The van der Waals surface area contributed by atoms with Crippen molar-refractivity contribution in [1.82, 2.24) is 0 Å². The van der Waals surface area contributed by atoms with Gasteiger partial charge in [-0.1, -0.05) is 23.7 Å². The maximum atomic E-state index is 12.6. The summed E-state index contributed by atoms with van der Waals surface area (Å²) in [7, 11) is 1.31. The second-order valence-corrected chi connectivity index (χ2v) is 8.14. The molecule has 0 atom stereocenters. The number of benzene rings is 2. The quantitative estimate of drug-likeness (QED) is 0.445. The van der Waals surface area contributed by atoms with E-state index in [1.165, 1.54) is 18.4 Å². The molecular formula is C23H22ClNO5S. The van der Waals surface area contributed by atoms with Gasteiger partial charge in [0.25, 0.3) is 5.91 Å². The van der Waals surface area contributed by atoms with E-state index in [1.54, 1.807) is 24.3 Å². The zero-order chi connectivity index (χ0) is 22.4. The largest absolute Gasteiger partial charge is 0.494 e. The van der Waals surface area contributed by atoms with Gasteiger partial charge in [0.2, 0.25) is 0 Å². The molecule has 3 rings (SSSR count). The van der Waals surface area contributed by atoms with Crippen LogP contribution in [0.3, 0.4) is 0 Å². The van der Waals surface area contributed by atoms with E-state index in [4.69, 9.17) is 25.8 Å². The van der Waals surface area contributed by atoms with Crippen LogP contribution in [0.1, 0.15) is 22.2 Å². The molecule has 8 heteroatoms. The molecule has 1 amide bonds. The van der Waals surface area contributed by atoms with Crippen molar-refractivity contribution in [2.75, 3.05) is 25.6 Å². The molecule has 0 unspecified atom stereocenters. The average Bonchev–Trinajstić information content (AvgIpc) is 3.09. The van der Waals surface area contributed by atoms with Gasteiger partial charge in [0.1, 0.15) is 22.1 Å². The highest BCUT2D eigenvalue weighted by atomic mass is 35.5. The summed E-state index contributed by atoms with van der Waals surface area (Å²) < 4.78 is 16.0. The second kappa shape index (κ2) is 10.3. The van der Waals surface area contributed by atoms with Gasteiger partial charge < -0.3 is 19.5 Å². The van der Waals surface area contributed by atoms with Crippen molar-refractivity contribution in [2.24, 2.45) is 0 Å². The van der Waals surface area contributed by atoms with Gasteiger partial charge in [0.05, 0.1) is 13.7 Å². The number of aryl methyl sites for hydroxylation is 1. The minimum atomic E-state index is -0.526. The molecule has 31 heavy (non-hydrogen) atoms. The van der Waals surface area contributed by atoms with Gasteiger partial charge >= 0.3 is 5.97 Å². The molecule has 0 radical (unpaired) electrons. The maximum absolute atomic E-state index is 12.6. The normalized spacial score (nSPS) is 10.5. The number of esters is 1. The molecule has 2 aromatic carbocycles. The third-order valence-corrected chi connectivity index (χ3v) is 5.64. The molecule has 0 saturated heterocycles. The third kappa shape index (κ3) is 5.57. The van der Waals surface area contributed by atoms with E-state index in [0.717, 1.165) is 16.2 Å². The van der Waals surface area contributed by atoms with Crippen molar-refractivity contribution < 1.29 is 23.8 Å². The smallest absolute Gasteiger partial charge is 0.341 e. The van der Waals surface area contributed by atoms with E-state index in [1.807, 2.05) is 38.1 Å². The monoisotopic (exact) mass is 459 g/mol. The molecule has 0 aliphatic rings. The van der Waals surface area contributed by atoms with Crippen molar-refractivity contribution in [3.63, 3.8) is 0 Å². The van der Waals surface area contributed by atoms with Crippen molar-refractivity contribution >= 4 is 39.8 Å². The molecule has 0 spiro atoms. The predicted molar refractivity (Wildman–Crippen MR) is 123 cm³/mol. The van der Waals surface area contributed by atoms with Crippen molar-refractivity contribution in [3.8, 4) is 22.6 Å². The second-order valence-electron chi connectivity index (χ2n) is 6.48. The first-order valence-corrected chi connectivity index (χ1v) is 10.8. The summed E-state index contributed by atoms with van der Waals surface area (Å²) in [6.07, 6.45) is 0. The van der Waals surface area contributed by atoms with E-state index < -0.39 is 5.97 Å². The van der Waals surface area contributed by atoms with Crippen molar-refractivity contribution in [3.05, 3.63) is 64.0 Å². The summed E-state index contributed by atoms with van der Waals surface area (Å²) in [4.78, 5) is 25.9. The zero-order valence-electron chi connectivity index (χ0n) is 17.4. The van der Waals surface area contributed by atoms with E-state index in [-0.39, 0.29) is 12.5 Å². The standard InChI is InChI=1S/C23H22ClNO5S/c1-4-29-17-9-5-15(6-10-17)20-14(2)31-22(21(20)23(27)28-3)25-19(26)13-30-18-11-7-16(24)8-12-18/h5-12H,4,13H2,1-3H3,(H,25,26). The SMILES string of the molecule is CCOc1ccc(-c2c(C)sc(NC(=O)COc3ccc(Cl)cc3)c2C(=O)OC)cc1. The number of hydrogen-bond acceptors (Lipinski definition) is 6. The van der Waals surface area contributed by atoms with Gasteiger partial charge in [-0.05, 0) is 55.8 Å². The van der Waals surface area contributed by atoms with Crippen LogP contribution >= 0.6 is 22.9 Å². The van der Waals surface area contributed by atoms with Crippen LogP contribution in [0.2, 0.25) is 5.02 Å². The Kier molecular flexibility index (Phi) is 7.55. The molecule has 0 aliphatic carbocycles. The lowest BCUT2D eigenvalue weighted by molar-refractivity contribution is -0.118. The van der Waals surface area contributed by atoms with Gasteiger partial charge in [-0.2, -0.15) is 0 Å². The topological polar surface area (TPSA) is 73.9 Å². The molecule has 0 saturated carbocycles. The van der Waals surface area contributed by atoms with Gasteiger partial charge in [0.15, 0.2) is 6.61 Å². The first-order valence-electron chi connectivity index (χ1n) is 9.56. The lowest BCUT2D eigenvalue weighted by Gasteiger charge is -2.10. The number of ether oxygens (including phenoxy) is 3. The fourth-order valence-corrected chi connectivity index (χ4v) is 4.21. The average molecular weight is 460 g/mol. The summed E-state index contributed by atoms with van der Waals surface area (Å²) in [5.41, 5.74) is 1.86. The maximum Gasteiger partial charge on any atom is 0.341 e. The number of amides is 1. The molecule has 0 fully saturated rings. The highest BCUT2D eigenvalue weighted by Gasteiger charge is 2.25. The van der Waals surface area contributed by atoms with Crippen LogP contribution in [0.25, 0.3) is 11.1 Å². The first kappa shape index (κ1) is 22.7. The summed E-state index contributed by atoms with van der Waals surface area (Å²) in [6.45, 7) is 4.16. The van der Waals surface area contributed by atoms with Crippen LogP contribution in [-0.4, -0.2) is 32.2 Å². The van der Waals surface area contributed by atoms with Crippen molar-refractivity contribution in [2.45, 2.75) is 13.8 Å². The summed E-state index contributed by atoms with van der Waals surface area (Å²) in [6, 6.07) is 14.1. The lowest BCUT2D eigenvalue weighted by atomic mass is 10.0. The molecule has 1 N–H and O–H groups in total. The fraction of sp³-hybridized carbons (Fsp3) is 0.217. The Morgan fingerprint density at radius 2 is 1.61 bits per heavy atom. The summed E-state index contributed by atoms with van der Waals surface area (Å²) in [5.74, 6) is 0.346. The first-order chi connectivity index (χ1) is 14.9. The van der Waals surface area contributed by atoms with Crippen LogP contribution in [0.5, 0.6) is 11.5 Å². The zero-order valence-corrected chi connectivity index (χ0v) is 18.9. The number of nitrogens with one attached hydrogen (secondary N) is 1. The Hall–Kier alpha value is -3.03. The predicted octanol–water partition coefficient (Wildman–Crippen LogP) is 5.58. The fourth-order valence-electron chi connectivity index (χ4n) is 3.00. The van der Waals surface area contributed by atoms with E-state index >= 15 is 0 Å². The Morgan fingerprint density at radius 3 is 2.23 bits per heavy atom. The highest BCUT2D eigenvalue weighted by Crippen LogP contribution is 2.40. The number of methoxy groups -OCH3 is 1. The minimum absolute atomic E-state index is 0.211. The molecule has 1 heterocycles. The molecule has 0 aliphatic heterocycles. The molecule has 162 valence electrons. The Morgan fingerprint density at radius 1 is 1.00 bits per heavy atom. The molecule has 1 aromatic heterocycles. The number of thiophene rings is 1. The highest BCUT2D eigenvalue weighted by molar-refractivity contribution is 7.17. The number of halogens is 1. The molecule has 3 aromatic rings. The van der Waals surface area contributed by atoms with Crippen LogP contribution < -0.4 is 14.8 Å². The Balaban J connectivity index is 1.83. The van der Waals surface area contributed by atoms with Gasteiger partial charge in [-0.3, -0.25) is 4.79 Å². The van der Waals surface area contributed by atoms with Crippen LogP contribution in [0.4, 0.5) is 5.00 Å². The Labute approximate surface area is 189 Å². The number of hydrogen-bond donors (Lipinski definition) is 1. The number of carbonyl (C=O) groups excluding carboxylic acids is 2. The minimum Gasteiger partial charge on any atom is -0.494 e. The van der Waals surface area contributed by atoms with Crippen LogP contribution in [0.15, 0.2) is 48.5 Å². The van der Waals surface area contributed by atoms with Gasteiger partial charge in [0, 0.05) is 15.5 Å². The number of carbonyl (C=O) groups is 2. The number of rotatable bonds is 8. The lowest BCUT2D eigenvalue weighted by Crippen LogP contribution is -2.21. The van der Waals surface area contributed by atoms with Crippen molar-refractivity contribution in [1.29, 1.82) is 0 Å². The molecule has 0 bridgehead atoms. The summed E-state index contributed by atoms with van der Waals surface area (Å²) in [5, 5.41) is 3.77. The third-order valence-electron chi connectivity index (χ3n) is 4.36. The number of anilines is 1. The molecular weight excluding hydrogens is 438 g/mol.